The van der Waals surface area contributed by atoms with Crippen LogP contribution in [0.5, 0.6) is 5.88 Å². The number of carbonyl (C=O) groups is 1. The number of benzene rings is 1. The fourth-order valence-corrected chi connectivity index (χ4v) is 6.23. The number of piperidine rings is 1. The smallest absolute Gasteiger partial charge is 0.346 e. The third-order valence-corrected chi connectivity index (χ3v) is 8.66. The van der Waals surface area contributed by atoms with E-state index in [1.165, 1.54) is 17.4 Å². The molecule has 2 aliphatic heterocycles. The van der Waals surface area contributed by atoms with Gasteiger partial charge in [-0.25, -0.2) is 19.2 Å². The molecule has 1 aromatic carbocycles. The summed E-state index contributed by atoms with van der Waals surface area (Å²) in [5.74, 6) is 0.303. The highest BCUT2D eigenvalue weighted by Gasteiger charge is 2.27. The number of hydrogen-bond donors (Lipinski definition) is 1. The van der Waals surface area contributed by atoms with Crippen LogP contribution in [-0.2, 0) is 24.4 Å². The molecule has 0 unspecified atom stereocenters. The number of hydrogen-bond acceptors (Lipinski definition) is 8. The largest absolute Gasteiger partial charge is 0.477 e. The van der Waals surface area contributed by atoms with Crippen molar-refractivity contribution in [1.29, 1.82) is 5.26 Å². The summed E-state index contributed by atoms with van der Waals surface area (Å²) in [6.07, 6.45) is 4.63. The maximum Gasteiger partial charge on any atom is 0.346 e. The number of likely N-dealkylation sites (tertiary alicyclic amines) is 1. The van der Waals surface area contributed by atoms with Crippen molar-refractivity contribution < 1.29 is 23.8 Å². The molecule has 2 aliphatic rings. The van der Waals surface area contributed by atoms with Crippen molar-refractivity contribution in [3.63, 3.8) is 0 Å². The van der Waals surface area contributed by atoms with Gasteiger partial charge in [0.25, 0.3) is 0 Å². The number of pyridine rings is 1. The minimum absolute atomic E-state index is 0.0362. The lowest BCUT2D eigenvalue weighted by Gasteiger charge is -2.33. The minimum atomic E-state index is -0.932. The fourth-order valence-electron chi connectivity index (χ4n) is 5.34. The highest BCUT2D eigenvalue weighted by atomic mass is 32.1. The van der Waals surface area contributed by atoms with Crippen LogP contribution < -0.4 is 4.74 Å². The Kier molecular flexibility index (Phi) is 7.47. The molecule has 40 heavy (non-hydrogen) atoms. The average Bonchev–Trinajstić information content (AvgIpc) is 3.49. The SMILES string of the molecule is N#Cc1ccc(COc2ncccc2C2CCN(Cc3nc4sc(C(=O)O)cc4n3C[C@@H]3CCO3)CC2)c(F)c1. The van der Waals surface area contributed by atoms with E-state index in [1.807, 2.05) is 18.2 Å². The van der Waals surface area contributed by atoms with Gasteiger partial charge in [-0.1, -0.05) is 12.1 Å². The minimum Gasteiger partial charge on any atom is -0.477 e. The zero-order chi connectivity index (χ0) is 27.6. The molecule has 0 spiro atoms. The second-order valence-electron chi connectivity index (χ2n) is 10.2. The number of carboxylic acids is 1. The van der Waals surface area contributed by atoms with Crippen LogP contribution in [0.4, 0.5) is 4.39 Å². The third-order valence-electron chi connectivity index (χ3n) is 7.66. The van der Waals surface area contributed by atoms with Crippen LogP contribution in [0.25, 0.3) is 10.3 Å². The molecule has 6 rings (SSSR count). The molecule has 2 fully saturated rings. The first-order valence-corrected chi connectivity index (χ1v) is 14.1. The van der Waals surface area contributed by atoms with E-state index in [-0.39, 0.29) is 24.2 Å². The molecule has 0 bridgehead atoms. The second kappa shape index (κ2) is 11.3. The molecule has 2 saturated heterocycles. The van der Waals surface area contributed by atoms with Gasteiger partial charge in [-0.15, -0.1) is 11.3 Å². The Labute approximate surface area is 234 Å². The lowest BCUT2D eigenvalue weighted by Crippen LogP contribution is -2.35. The number of ether oxygens (including phenoxy) is 2. The lowest BCUT2D eigenvalue weighted by atomic mass is 9.90. The zero-order valence-electron chi connectivity index (χ0n) is 21.8. The van der Waals surface area contributed by atoms with E-state index in [1.54, 1.807) is 24.4 Å². The molecule has 0 radical (unpaired) electrons. The number of nitriles is 1. The zero-order valence-corrected chi connectivity index (χ0v) is 22.6. The van der Waals surface area contributed by atoms with Gasteiger partial charge in [-0.05, 0) is 62.5 Å². The summed E-state index contributed by atoms with van der Waals surface area (Å²) in [7, 11) is 0. The van der Waals surface area contributed by atoms with E-state index in [0.717, 1.165) is 60.7 Å². The number of fused-ring (bicyclic) bond motifs is 1. The first kappa shape index (κ1) is 26.4. The summed E-state index contributed by atoms with van der Waals surface area (Å²) in [4.78, 5) is 24.2. The lowest BCUT2D eigenvalue weighted by molar-refractivity contribution is -0.0592. The van der Waals surface area contributed by atoms with Crippen LogP contribution >= 0.6 is 11.3 Å². The van der Waals surface area contributed by atoms with Crippen molar-refractivity contribution >= 4 is 27.7 Å². The van der Waals surface area contributed by atoms with E-state index in [4.69, 9.17) is 19.7 Å². The first-order chi connectivity index (χ1) is 19.5. The van der Waals surface area contributed by atoms with Gasteiger partial charge in [0.2, 0.25) is 5.88 Å². The predicted octanol–water partition coefficient (Wildman–Crippen LogP) is 4.95. The Morgan fingerprint density at radius 2 is 2.08 bits per heavy atom. The number of aromatic nitrogens is 3. The summed E-state index contributed by atoms with van der Waals surface area (Å²) < 4.78 is 28.1. The maximum absolute atomic E-state index is 14.3. The van der Waals surface area contributed by atoms with E-state index >= 15 is 0 Å². The molecule has 1 atom stereocenters. The molecular formula is C29H28FN5O4S. The molecule has 9 nitrogen and oxygen atoms in total. The van der Waals surface area contributed by atoms with Crippen LogP contribution in [-0.4, -0.2) is 56.3 Å². The number of imidazole rings is 1. The van der Waals surface area contributed by atoms with Crippen molar-refractivity contribution in [3.05, 3.63) is 75.8 Å². The summed E-state index contributed by atoms with van der Waals surface area (Å²) in [6.45, 7) is 3.88. The molecule has 0 aliphatic carbocycles. The monoisotopic (exact) mass is 561 g/mol. The van der Waals surface area contributed by atoms with Crippen molar-refractivity contribution in [3.8, 4) is 11.9 Å². The van der Waals surface area contributed by atoms with Gasteiger partial charge < -0.3 is 19.1 Å². The Morgan fingerprint density at radius 3 is 2.77 bits per heavy atom. The second-order valence-corrected chi connectivity index (χ2v) is 11.2. The number of thiophene rings is 1. The van der Waals surface area contributed by atoms with Crippen LogP contribution in [0, 0.1) is 17.1 Å². The highest BCUT2D eigenvalue weighted by molar-refractivity contribution is 7.20. The molecule has 206 valence electrons. The molecule has 0 amide bonds. The van der Waals surface area contributed by atoms with Gasteiger partial charge in [0.1, 0.15) is 28.0 Å². The van der Waals surface area contributed by atoms with Crippen LogP contribution in [0.1, 0.15) is 57.4 Å². The molecule has 3 aromatic heterocycles. The molecule has 1 N–H and O–H groups in total. The maximum atomic E-state index is 14.3. The quantitative estimate of drug-likeness (QED) is 0.305. The number of halogens is 1. The van der Waals surface area contributed by atoms with Gasteiger partial charge in [0, 0.05) is 23.9 Å². The number of aromatic carboxylic acids is 1. The van der Waals surface area contributed by atoms with Gasteiger partial charge >= 0.3 is 5.97 Å². The first-order valence-electron chi connectivity index (χ1n) is 13.3. The number of rotatable bonds is 9. The van der Waals surface area contributed by atoms with E-state index < -0.39 is 11.8 Å². The van der Waals surface area contributed by atoms with Crippen LogP contribution in [0.15, 0.2) is 42.6 Å². The van der Waals surface area contributed by atoms with Crippen molar-refractivity contribution in [2.24, 2.45) is 0 Å². The van der Waals surface area contributed by atoms with Gasteiger partial charge in [-0.2, -0.15) is 5.26 Å². The van der Waals surface area contributed by atoms with Gasteiger partial charge in [-0.3, -0.25) is 4.90 Å². The number of carboxylic acid groups (broad SMARTS) is 1. The Balaban J connectivity index is 1.12. The Bertz CT molecular complexity index is 1580. The van der Waals surface area contributed by atoms with Gasteiger partial charge in [0.05, 0.1) is 36.3 Å². The summed E-state index contributed by atoms with van der Waals surface area (Å²) in [5.41, 5.74) is 2.53. The fraction of sp³-hybridized carbons (Fsp3) is 0.379. The van der Waals surface area contributed by atoms with E-state index in [0.29, 0.717) is 29.4 Å². The van der Waals surface area contributed by atoms with E-state index in [2.05, 4.69) is 14.5 Å². The van der Waals surface area contributed by atoms with Crippen LogP contribution in [0.2, 0.25) is 0 Å². The normalized spacial score (nSPS) is 17.9. The van der Waals surface area contributed by atoms with Crippen molar-refractivity contribution in [2.45, 2.75) is 51.0 Å². The molecule has 4 aromatic rings. The molecule has 11 heteroatoms. The third kappa shape index (κ3) is 5.43. The molecule has 5 heterocycles. The number of nitrogens with zero attached hydrogens (tertiary/aromatic N) is 5. The predicted molar refractivity (Wildman–Crippen MR) is 146 cm³/mol. The van der Waals surface area contributed by atoms with Gasteiger partial charge in [0.15, 0.2) is 0 Å². The Hall–Kier alpha value is -3.85. The molecular weight excluding hydrogens is 533 g/mol. The topological polar surface area (TPSA) is 114 Å². The Morgan fingerprint density at radius 1 is 1.25 bits per heavy atom. The van der Waals surface area contributed by atoms with Crippen molar-refractivity contribution in [1.82, 2.24) is 19.4 Å². The summed E-state index contributed by atoms with van der Waals surface area (Å²) >= 11 is 1.21. The summed E-state index contributed by atoms with van der Waals surface area (Å²) in [6, 6.07) is 11.9. The molecule has 0 saturated carbocycles. The van der Waals surface area contributed by atoms with E-state index in [9.17, 15) is 14.3 Å². The van der Waals surface area contributed by atoms with Crippen molar-refractivity contribution in [2.75, 3.05) is 19.7 Å². The standard InChI is InChI=1S/C29H28FN5O4S/c30-23-12-18(14-31)3-4-20(23)17-39-27-22(2-1-8-32-27)19-5-9-34(10-6-19)16-26-33-28-24(13-25(40-28)29(36)37)35(26)15-21-7-11-38-21/h1-4,8,12-13,19,21H,5-7,9-11,15-17H2,(H,36,37)/t21-/m0/s1. The van der Waals surface area contributed by atoms with Crippen LogP contribution in [0.3, 0.4) is 0 Å². The summed E-state index contributed by atoms with van der Waals surface area (Å²) in [5, 5.41) is 18.4. The highest BCUT2D eigenvalue weighted by Crippen LogP contribution is 2.35. The average molecular weight is 562 g/mol.